The van der Waals surface area contributed by atoms with Gasteiger partial charge in [-0.05, 0) is 42.0 Å². The Morgan fingerprint density at radius 1 is 1.06 bits per heavy atom. The second-order valence-corrected chi connectivity index (χ2v) is 10.6. The van der Waals surface area contributed by atoms with Crippen molar-refractivity contribution in [3.8, 4) is 0 Å². The smallest absolute Gasteiger partial charge is 0.338 e. The summed E-state index contributed by atoms with van der Waals surface area (Å²) in [5, 5.41) is 0. The first-order valence-corrected chi connectivity index (χ1v) is 12.9. The number of hydrogen-bond donors (Lipinski definition) is 0. The molecule has 1 heterocycles. The van der Waals surface area contributed by atoms with Crippen molar-refractivity contribution in [3.05, 3.63) is 65.5 Å². The van der Waals surface area contributed by atoms with Crippen LogP contribution in [0.4, 0.5) is 4.39 Å². The normalized spacial score (nSPS) is 15.9. The topological polar surface area (TPSA) is 101 Å². The standard InChI is InChI=1S/C21H23FN2O6S2/c1-31(27)15-16-3-2-4-17(13-16)21(26)30-14-20(25)23-9-11-24(12-10-23)32(28,29)19-7-5-18(22)6-8-19/h2-8,13H,9-12,14-15H2,1H3. The van der Waals surface area contributed by atoms with Crippen molar-refractivity contribution in [3.63, 3.8) is 0 Å². The molecular formula is C21H23FN2O6S2. The largest absolute Gasteiger partial charge is 0.452 e. The summed E-state index contributed by atoms with van der Waals surface area (Å²) in [6, 6.07) is 11.1. The van der Waals surface area contributed by atoms with Gasteiger partial charge in [0.15, 0.2) is 6.61 Å². The number of rotatable bonds is 7. The summed E-state index contributed by atoms with van der Waals surface area (Å²) in [7, 11) is -4.83. The molecule has 8 nitrogen and oxygen atoms in total. The minimum absolute atomic E-state index is 0.0123. The summed E-state index contributed by atoms with van der Waals surface area (Å²) in [5.74, 6) is -1.31. The van der Waals surface area contributed by atoms with Crippen molar-refractivity contribution in [1.82, 2.24) is 9.21 Å². The van der Waals surface area contributed by atoms with Crippen LogP contribution in [0.25, 0.3) is 0 Å². The van der Waals surface area contributed by atoms with Crippen molar-refractivity contribution in [2.45, 2.75) is 10.6 Å². The van der Waals surface area contributed by atoms with Gasteiger partial charge < -0.3 is 9.64 Å². The minimum Gasteiger partial charge on any atom is -0.452 e. The predicted molar refractivity (Wildman–Crippen MR) is 116 cm³/mol. The number of carbonyl (C=O) groups is 2. The van der Waals surface area contributed by atoms with Crippen molar-refractivity contribution in [2.75, 3.05) is 39.0 Å². The highest BCUT2D eigenvalue weighted by molar-refractivity contribution is 7.89. The molecular weight excluding hydrogens is 459 g/mol. The number of piperazine rings is 1. The van der Waals surface area contributed by atoms with E-state index >= 15 is 0 Å². The molecule has 1 aliphatic rings. The second kappa shape index (κ2) is 10.3. The average molecular weight is 483 g/mol. The first-order valence-electron chi connectivity index (χ1n) is 9.76. The Morgan fingerprint density at radius 3 is 2.34 bits per heavy atom. The third-order valence-electron chi connectivity index (χ3n) is 4.90. The Bertz CT molecular complexity index is 1110. The molecule has 11 heteroatoms. The molecule has 32 heavy (non-hydrogen) atoms. The lowest BCUT2D eigenvalue weighted by Gasteiger charge is -2.33. The van der Waals surface area contributed by atoms with Gasteiger partial charge in [0.1, 0.15) is 5.82 Å². The predicted octanol–water partition coefficient (Wildman–Crippen LogP) is 1.39. The molecule has 0 aliphatic carbocycles. The van der Waals surface area contributed by atoms with E-state index in [0.29, 0.717) is 5.75 Å². The number of ether oxygens (including phenoxy) is 1. The van der Waals surface area contributed by atoms with Crippen LogP contribution in [-0.2, 0) is 36.1 Å². The van der Waals surface area contributed by atoms with Gasteiger partial charge in [-0.1, -0.05) is 12.1 Å². The highest BCUT2D eigenvalue weighted by atomic mass is 32.2. The van der Waals surface area contributed by atoms with Gasteiger partial charge in [0.25, 0.3) is 5.91 Å². The van der Waals surface area contributed by atoms with Crippen LogP contribution >= 0.6 is 0 Å². The Morgan fingerprint density at radius 2 is 1.72 bits per heavy atom. The molecule has 1 saturated heterocycles. The van der Waals surface area contributed by atoms with Gasteiger partial charge in [-0.15, -0.1) is 0 Å². The highest BCUT2D eigenvalue weighted by Crippen LogP contribution is 2.18. The zero-order valence-electron chi connectivity index (χ0n) is 17.4. The molecule has 1 aliphatic heterocycles. The van der Waals surface area contributed by atoms with Gasteiger partial charge in [-0.2, -0.15) is 4.31 Å². The van der Waals surface area contributed by atoms with E-state index in [9.17, 15) is 26.6 Å². The maximum Gasteiger partial charge on any atom is 0.338 e. The molecule has 1 atom stereocenters. The first-order chi connectivity index (χ1) is 15.2. The van der Waals surface area contributed by atoms with Gasteiger partial charge in [-0.25, -0.2) is 17.6 Å². The van der Waals surface area contributed by atoms with Gasteiger partial charge in [0, 0.05) is 49.0 Å². The molecule has 2 aromatic carbocycles. The van der Waals surface area contributed by atoms with Gasteiger partial charge in [0.05, 0.1) is 10.5 Å². The van der Waals surface area contributed by atoms with Crippen molar-refractivity contribution < 1.29 is 31.3 Å². The van der Waals surface area contributed by atoms with E-state index in [1.54, 1.807) is 30.5 Å². The fourth-order valence-corrected chi connectivity index (χ4v) is 5.33. The summed E-state index contributed by atoms with van der Waals surface area (Å²) in [6.07, 6.45) is 1.56. The number of amides is 1. The number of nitrogens with zero attached hydrogens (tertiary/aromatic N) is 2. The van der Waals surface area contributed by atoms with Crippen LogP contribution in [0.3, 0.4) is 0 Å². The zero-order chi connectivity index (χ0) is 23.3. The summed E-state index contributed by atoms with van der Waals surface area (Å²) in [4.78, 5) is 26.1. The van der Waals surface area contributed by atoms with Crippen LogP contribution in [0.2, 0.25) is 0 Å². The van der Waals surface area contributed by atoms with Gasteiger partial charge >= 0.3 is 5.97 Å². The molecule has 0 aromatic heterocycles. The van der Waals surface area contributed by atoms with Crippen LogP contribution in [0, 0.1) is 5.82 Å². The highest BCUT2D eigenvalue weighted by Gasteiger charge is 2.30. The third-order valence-corrected chi connectivity index (χ3v) is 7.55. The van der Waals surface area contributed by atoms with Crippen LogP contribution in [0.15, 0.2) is 53.4 Å². The number of benzene rings is 2. The monoisotopic (exact) mass is 482 g/mol. The van der Waals surface area contributed by atoms with Crippen molar-refractivity contribution in [1.29, 1.82) is 0 Å². The van der Waals surface area contributed by atoms with Crippen LogP contribution in [0.5, 0.6) is 0 Å². The Balaban J connectivity index is 1.52. The molecule has 0 N–H and O–H groups in total. The Kier molecular flexibility index (Phi) is 7.75. The summed E-state index contributed by atoms with van der Waals surface area (Å²) >= 11 is 0. The molecule has 1 fully saturated rings. The Hall–Kier alpha value is -2.63. The maximum atomic E-state index is 13.1. The maximum absolute atomic E-state index is 13.1. The van der Waals surface area contributed by atoms with Crippen LogP contribution < -0.4 is 0 Å². The second-order valence-electron chi connectivity index (χ2n) is 7.23. The minimum atomic E-state index is -3.78. The number of esters is 1. The lowest BCUT2D eigenvalue weighted by molar-refractivity contribution is -0.135. The van der Waals surface area contributed by atoms with E-state index in [2.05, 4.69) is 0 Å². The summed E-state index contributed by atoms with van der Waals surface area (Å²) in [6.45, 7) is -0.0120. The van der Waals surface area contributed by atoms with Crippen LogP contribution in [0.1, 0.15) is 15.9 Å². The molecule has 1 unspecified atom stereocenters. The zero-order valence-corrected chi connectivity index (χ0v) is 19.0. The fraction of sp³-hybridized carbons (Fsp3) is 0.333. The quantitative estimate of drug-likeness (QED) is 0.553. The van der Waals surface area contributed by atoms with E-state index < -0.39 is 45.1 Å². The van der Waals surface area contributed by atoms with E-state index in [1.165, 1.54) is 21.3 Å². The molecule has 2 aromatic rings. The number of halogens is 1. The van der Waals surface area contributed by atoms with Gasteiger partial charge in [-0.3, -0.25) is 9.00 Å². The first kappa shape index (κ1) is 24.0. The summed E-state index contributed by atoms with van der Waals surface area (Å²) < 4.78 is 56.1. The third kappa shape index (κ3) is 5.99. The van der Waals surface area contributed by atoms with Crippen LogP contribution in [-0.4, -0.2) is 72.7 Å². The number of sulfonamides is 1. The average Bonchev–Trinajstić information content (AvgIpc) is 2.77. The lowest BCUT2D eigenvalue weighted by Crippen LogP contribution is -2.51. The van der Waals surface area contributed by atoms with E-state index in [4.69, 9.17) is 4.74 Å². The molecule has 1 amide bonds. The number of hydrogen-bond acceptors (Lipinski definition) is 6. The summed E-state index contributed by atoms with van der Waals surface area (Å²) in [5.41, 5.74) is 0.987. The van der Waals surface area contributed by atoms with E-state index in [1.807, 2.05) is 0 Å². The molecule has 0 radical (unpaired) electrons. The number of carbonyl (C=O) groups excluding carboxylic acids is 2. The molecule has 0 saturated carbocycles. The molecule has 0 bridgehead atoms. The van der Waals surface area contributed by atoms with E-state index in [-0.39, 0.29) is 36.6 Å². The SMILES string of the molecule is CS(=O)Cc1cccc(C(=O)OCC(=O)N2CCN(S(=O)(=O)c3ccc(F)cc3)CC2)c1. The molecule has 172 valence electrons. The van der Waals surface area contributed by atoms with Gasteiger partial charge in [0.2, 0.25) is 10.0 Å². The fourth-order valence-electron chi connectivity index (χ4n) is 3.26. The Labute approximate surface area is 188 Å². The van der Waals surface area contributed by atoms with Crippen molar-refractivity contribution >= 4 is 32.7 Å². The van der Waals surface area contributed by atoms with Crippen molar-refractivity contribution in [2.24, 2.45) is 0 Å². The molecule has 3 rings (SSSR count). The lowest BCUT2D eigenvalue weighted by atomic mass is 10.1. The molecule has 0 spiro atoms. The van der Waals surface area contributed by atoms with E-state index in [0.717, 1.165) is 17.7 Å².